The molecule has 1 aliphatic rings. The number of aryl methyl sites for hydroxylation is 2. The summed E-state index contributed by atoms with van der Waals surface area (Å²) in [5.41, 5.74) is 4.72. The summed E-state index contributed by atoms with van der Waals surface area (Å²) in [4.78, 5) is 28.5. The molecule has 4 rings (SSSR count). The van der Waals surface area contributed by atoms with Crippen LogP contribution in [0.2, 0.25) is 0 Å². The molecule has 1 fully saturated rings. The molecule has 1 atom stereocenters. The van der Waals surface area contributed by atoms with E-state index >= 15 is 0 Å². The van der Waals surface area contributed by atoms with Crippen LogP contribution in [0.1, 0.15) is 61.6 Å². The molecule has 0 saturated carbocycles. The van der Waals surface area contributed by atoms with Gasteiger partial charge in [0, 0.05) is 11.3 Å². The minimum atomic E-state index is -0.801. The molecule has 0 radical (unpaired) electrons. The second kappa shape index (κ2) is 9.65. The lowest BCUT2D eigenvalue weighted by atomic mass is 9.84. The van der Waals surface area contributed by atoms with Gasteiger partial charge in [0.25, 0.3) is 11.7 Å². The molecule has 0 aliphatic carbocycles. The zero-order valence-corrected chi connectivity index (χ0v) is 21.8. The molecular weight excluding hydrogens is 450 g/mol. The zero-order valence-electron chi connectivity index (χ0n) is 21.8. The standard InChI is InChI=1S/C31H33NO4/c1-7-20-12-15-23(16-13-20)32-27(21-9-8-10-24(17-21)36-6)26(29(34)30(32)35)28(33)25-18-22(31(3,4)5)14-11-19(25)2/h8-18,27,33H,7H2,1-6H3/b28-26+. The van der Waals surface area contributed by atoms with E-state index in [1.165, 1.54) is 4.90 Å². The number of anilines is 1. The van der Waals surface area contributed by atoms with E-state index in [1.807, 2.05) is 67.6 Å². The Hall–Kier alpha value is -3.86. The Morgan fingerprint density at radius 3 is 2.31 bits per heavy atom. The van der Waals surface area contributed by atoms with E-state index in [9.17, 15) is 14.7 Å². The van der Waals surface area contributed by atoms with Crippen molar-refractivity contribution in [2.75, 3.05) is 12.0 Å². The van der Waals surface area contributed by atoms with Crippen molar-refractivity contribution in [3.8, 4) is 5.75 Å². The summed E-state index contributed by atoms with van der Waals surface area (Å²) in [7, 11) is 1.57. The highest BCUT2D eigenvalue weighted by molar-refractivity contribution is 6.51. The molecule has 1 saturated heterocycles. The van der Waals surface area contributed by atoms with Crippen molar-refractivity contribution in [2.24, 2.45) is 0 Å². The molecule has 3 aromatic rings. The number of ether oxygens (including phenoxy) is 1. The van der Waals surface area contributed by atoms with Crippen molar-refractivity contribution < 1.29 is 19.4 Å². The summed E-state index contributed by atoms with van der Waals surface area (Å²) in [5, 5.41) is 11.6. The highest BCUT2D eigenvalue weighted by atomic mass is 16.5. The number of carbonyl (C=O) groups excluding carboxylic acids is 2. The molecule has 0 aromatic heterocycles. The van der Waals surface area contributed by atoms with Gasteiger partial charge in [0.1, 0.15) is 11.5 Å². The molecule has 0 bridgehead atoms. The van der Waals surface area contributed by atoms with Gasteiger partial charge in [0.15, 0.2) is 0 Å². The Balaban J connectivity index is 1.97. The third-order valence-corrected chi connectivity index (χ3v) is 6.84. The normalized spacial score (nSPS) is 17.5. The summed E-state index contributed by atoms with van der Waals surface area (Å²) in [6.45, 7) is 10.2. The number of carbonyl (C=O) groups is 2. The van der Waals surface area contributed by atoms with E-state index in [2.05, 4.69) is 27.7 Å². The first-order chi connectivity index (χ1) is 17.1. The van der Waals surface area contributed by atoms with Crippen LogP contribution in [0, 0.1) is 6.92 Å². The number of methoxy groups -OCH3 is 1. The molecule has 36 heavy (non-hydrogen) atoms. The fourth-order valence-electron chi connectivity index (χ4n) is 4.61. The van der Waals surface area contributed by atoms with Gasteiger partial charge < -0.3 is 9.84 Å². The Labute approximate surface area is 213 Å². The maximum Gasteiger partial charge on any atom is 0.300 e. The highest BCUT2D eigenvalue weighted by Crippen LogP contribution is 2.43. The number of nitrogens with zero attached hydrogens (tertiary/aromatic N) is 1. The van der Waals surface area contributed by atoms with Crippen LogP contribution in [0.15, 0.2) is 72.3 Å². The van der Waals surface area contributed by atoms with Crippen LogP contribution in [0.3, 0.4) is 0 Å². The summed E-state index contributed by atoms with van der Waals surface area (Å²) in [6, 6.07) is 20.0. The number of rotatable bonds is 5. The van der Waals surface area contributed by atoms with Crippen LogP contribution >= 0.6 is 0 Å². The molecule has 5 heteroatoms. The maximum absolute atomic E-state index is 13.5. The molecule has 5 nitrogen and oxygen atoms in total. The lowest BCUT2D eigenvalue weighted by molar-refractivity contribution is -0.132. The average Bonchev–Trinajstić information content (AvgIpc) is 3.13. The van der Waals surface area contributed by atoms with Gasteiger partial charge in [0.2, 0.25) is 0 Å². The molecule has 0 spiro atoms. The van der Waals surface area contributed by atoms with Gasteiger partial charge in [0.05, 0.1) is 18.7 Å². The Morgan fingerprint density at radius 2 is 1.69 bits per heavy atom. The number of Topliss-reactive ketones (excluding diaryl/α,β-unsaturated/α-hetero) is 1. The van der Waals surface area contributed by atoms with Crippen molar-refractivity contribution in [2.45, 2.75) is 52.5 Å². The first-order valence-corrected chi connectivity index (χ1v) is 12.2. The summed E-state index contributed by atoms with van der Waals surface area (Å²) < 4.78 is 5.43. The predicted octanol–water partition coefficient (Wildman–Crippen LogP) is 6.49. The molecule has 1 unspecified atom stereocenters. The van der Waals surface area contributed by atoms with Crippen LogP contribution in [0.25, 0.3) is 5.76 Å². The van der Waals surface area contributed by atoms with Crippen LogP contribution in [0.4, 0.5) is 5.69 Å². The second-order valence-corrected chi connectivity index (χ2v) is 10.2. The van der Waals surface area contributed by atoms with E-state index < -0.39 is 17.7 Å². The summed E-state index contributed by atoms with van der Waals surface area (Å²) >= 11 is 0. The van der Waals surface area contributed by atoms with Crippen molar-refractivity contribution in [3.63, 3.8) is 0 Å². The molecule has 1 heterocycles. The van der Waals surface area contributed by atoms with E-state index in [0.717, 1.165) is 23.1 Å². The topological polar surface area (TPSA) is 66.8 Å². The Kier molecular flexibility index (Phi) is 6.77. The number of aliphatic hydroxyl groups excluding tert-OH is 1. The van der Waals surface area contributed by atoms with E-state index in [1.54, 1.807) is 13.2 Å². The maximum atomic E-state index is 13.5. The third kappa shape index (κ3) is 4.53. The van der Waals surface area contributed by atoms with E-state index in [-0.39, 0.29) is 16.7 Å². The number of hydrogen-bond donors (Lipinski definition) is 1. The molecular formula is C31H33NO4. The van der Waals surface area contributed by atoms with Crippen LogP contribution in [0.5, 0.6) is 5.75 Å². The van der Waals surface area contributed by atoms with Crippen LogP contribution in [-0.2, 0) is 21.4 Å². The number of benzene rings is 3. The zero-order chi connectivity index (χ0) is 26.2. The lowest BCUT2D eigenvalue weighted by Gasteiger charge is -2.26. The number of ketones is 1. The monoisotopic (exact) mass is 483 g/mol. The van der Waals surface area contributed by atoms with E-state index in [4.69, 9.17) is 4.74 Å². The summed E-state index contributed by atoms with van der Waals surface area (Å²) in [5.74, 6) is -0.943. The Bertz CT molecular complexity index is 1350. The smallest absolute Gasteiger partial charge is 0.300 e. The largest absolute Gasteiger partial charge is 0.507 e. The van der Waals surface area contributed by atoms with Crippen molar-refractivity contribution in [1.82, 2.24) is 0 Å². The first-order valence-electron chi connectivity index (χ1n) is 12.2. The molecule has 186 valence electrons. The fraction of sp³-hybridized carbons (Fsp3) is 0.290. The van der Waals surface area contributed by atoms with Crippen LogP contribution in [-0.4, -0.2) is 23.9 Å². The lowest BCUT2D eigenvalue weighted by Crippen LogP contribution is -2.29. The van der Waals surface area contributed by atoms with Gasteiger partial charge in [-0.15, -0.1) is 0 Å². The number of aliphatic hydroxyl groups is 1. The molecule has 1 aliphatic heterocycles. The quantitative estimate of drug-likeness (QED) is 0.256. The van der Waals surface area contributed by atoms with Crippen molar-refractivity contribution in [3.05, 3.63) is 100 Å². The first kappa shape index (κ1) is 25.2. The fourth-order valence-corrected chi connectivity index (χ4v) is 4.61. The van der Waals surface area contributed by atoms with Gasteiger partial charge in [-0.2, -0.15) is 0 Å². The minimum Gasteiger partial charge on any atom is -0.507 e. The second-order valence-electron chi connectivity index (χ2n) is 10.2. The average molecular weight is 484 g/mol. The highest BCUT2D eigenvalue weighted by Gasteiger charge is 2.47. The van der Waals surface area contributed by atoms with Crippen molar-refractivity contribution >= 4 is 23.1 Å². The Morgan fingerprint density at radius 1 is 1.00 bits per heavy atom. The predicted molar refractivity (Wildman–Crippen MR) is 143 cm³/mol. The van der Waals surface area contributed by atoms with Gasteiger partial charge in [-0.1, -0.05) is 64.1 Å². The van der Waals surface area contributed by atoms with Gasteiger partial charge >= 0.3 is 0 Å². The van der Waals surface area contributed by atoms with Gasteiger partial charge in [-0.05, 0) is 71.3 Å². The minimum absolute atomic E-state index is 0.0713. The van der Waals surface area contributed by atoms with Crippen LogP contribution < -0.4 is 9.64 Å². The molecule has 1 amide bonds. The number of amides is 1. The molecule has 3 aromatic carbocycles. The third-order valence-electron chi connectivity index (χ3n) is 6.84. The number of hydrogen-bond acceptors (Lipinski definition) is 4. The summed E-state index contributed by atoms with van der Waals surface area (Å²) in [6.07, 6.45) is 0.863. The van der Waals surface area contributed by atoms with Crippen molar-refractivity contribution in [1.29, 1.82) is 0 Å². The van der Waals surface area contributed by atoms with E-state index in [0.29, 0.717) is 22.6 Å². The van der Waals surface area contributed by atoms with Gasteiger partial charge in [-0.25, -0.2) is 0 Å². The SMILES string of the molecule is CCc1ccc(N2C(=O)C(=O)/C(=C(/O)c3cc(C(C)(C)C)ccc3C)C2c2cccc(OC)c2)cc1. The molecule has 1 N–H and O–H groups in total. The van der Waals surface area contributed by atoms with Gasteiger partial charge in [-0.3, -0.25) is 14.5 Å².